The second-order valence-corrected chi connectivity index (χ2v) is 6.52. The molecule has 2 N–H and O–H groups in total. The van der Waals surface area contributed by atoms with Crippen molar-refractivity contribution in [2.75, 3.05) is 11.9 Å². The third-order valence-electron chi connectivity index (χ3n) is 3.14. The molecule has 0 bridgehead atoms. The number of carbonyl (C=O) groups excluding carboxylic acids is 1. The molecular weight excluding hydrogens is 390 g/mol. The lowest BCUT2D eigenvalue weighted by Gasteiger charge is -2.07. The molecule has 0 spiro atoms. The lowest BCUT2D eigenvalue weighted by atomic mass is 10.2. The van der Waals surface area contributed by atoms with Crippen LogP contribution < -0.4 is 10.6 Å². The summed E-state index contributed by atoms with van der Waals surface area (Å²) in [5, 5.41) is 8.22. The van der Waals surface area contributed by atoms with Crippen LogP contribution in [0.1, 0.15) is 6.92 Å². The molecule has 0 unspecified atom stereocenters. The fraction of sp³-hybridized carbons (Fsp3) is 0.125. The predicted octanol–water partition coefficient (Wildman–Crippen LogP) is 4.17. The molecule has 2 amide bonds. The van der Waals surface area contributed by atoms with Crippen molar-refractivity contribution in [1.82, 2.24) is 20.3 Å². The van der Waals surface area contributed by atoms with E-state index in [1.54, 1.807) is 24.7 Å². The zero-order valence-electron chi connectivity index (χ0n) is 12.8. The first-order chi connectivity index (χ1) is 11.7. The van der Waals surface area contributed by atoms with E-state index in [1.165, 1.54) is 11.3 Å². The van der Waals surface area contributed by atoms with Gasteiger partial charge in [0.2, 0.25) is 0 Å². The molecule has 3 heterocycles. The number of aromatic nitrogens is 3. The van der Waals surface area contributed by atoms with Crippen molar-refractivity contribution >= 4 is 39.1 Å². The van der Waals surface area contributed by atoms with Gasteiger partial charge in [-0.2, -0.15) is 0 Å². The number of rotatable bonds is 4. The Kier molecular flexibility index (Phi) is 5.17. The fourth-order valence-electron chi connectivity index (χ4n) is 2.04. The van der Waals surface area contributed by atoms with Gasteiger partial charge < -0.3 is 5.32 Å². The van der Waals surface area contributed by atoms with Gasteiger partial charge in [-0.3, -0.25) is 10.3 Å². The summed E-state index contributed by atoms with van der Waals surface area (Å²) in [6.45, 7) is 2.41. The first-order valence-corrected chi connectivity index (χ1v) is 8.91. The molecule has 3 aromatic heterocycles. The van der Waals surface area contributed by atoms with Crippen molar-refractivity contribution in [3.05, 3.63) is 46.6 Å². The zero-order valence-corrected chi connectivity index (χ0v) is 15.2. The summed E-state index contributed by atoms with van der Waals surface area (Å²) >= 11 is 5.03. The molecule has 0 aliphatic carbocycles. The molecule has 0 radical (unpaired) electrons. The van der Waals surface area contributed by atoms with Crippen LogP contribution in [0.2, 0.25) is 0 Å². The highest BCUT2D eigenvalue weighted by molar-refractivity contribution is 9.10. The number of anilines is 1. The van der Waals surface area contributed by atoms with Gasteiger partial charge in [0, 0.05) is 46.1 Å². The minimum Gasteiger partial charge on any atom is -0.338 e. The number of thiazole rings is 1. The maximum atomic E-state index is 11.6. The summed E-state index contributed by atoms with van der Waals surface area (Å²) in [4.78, 5) is 24.5. The monoisotopic (exact) mass is 403 g/mol. The van der Waals surface area contributed by atoms with Crippen LogP contribution in [0.15, 0.2) is 46.6 Å². The number of pyridine rings is 2. The molecule has 3 rings (SSSR count). The van der Waals surface area contributed by atoms with Crippen molar-refractivity contribution in [1.29, 1.82) is 0 Å². The smallest absolute Gasteiger partial charge is 0.320 e. The highest BCUT2D eigenvalue weighted by Gasteiger charge is 2.12. The van der Waals surface area contributed by atoms with Gasteiger partial charge in [0.15, 0.2) is 0 Å². The second kappa shape index (κ2) is 7.50. The van der Waals surface area contributed by atoms with Crippen molar-refractivity contribution in [2.45, 2.75) is 6.92 Å². The van der Waals surface area contributed by atoms with Crippen molar-refractivity contribution < 1.29 is 4.79 Å². The number of amides is 2. The third-order valence-corrected chi connectivity index (χ3v) is 4.65. The Bertz CT molecular complexity index is 853. The van der Waals surface area contributed by atoms with Crippen molar-refractivity contribution in [2.24, 2.45) is 0 Å². The molecule has 8 heteroatoms. The van der Waals surface area contributed by atoms with Gasteiger partial charge in [-0.25, -0.2) is 14.8 Å². The highest BCUT2D eigenvalue weighted by Crippen LogP contribution is 2.34. The first kappa shape index (κ1) is 16.5. The van der Waals surface area contributed by atoms with Gasteiger partial charge in [0.05, 0.1) is 5.69 Å². The molecule has 122 valence electrons. The summed E-state index contributed by atoms with van der Waals surface area (Å²) in [6.07, 6.45) is 5.14. The van der Waals surface area contributed by atoms with E-state index in [1.807, 2.05) is 24.4 Å². The molecule has 0 saturated heterocycles. The van der Waals surface area contributed by atoms with E-state index in [-0.39, 0.29) is 6.03 Å². The number of hydrogen-bond donors (Lipinski definition) is 2. The Morgan fingerprint density at radius 3 is 2.88 bits per heavy atom. The molecule has 0 aliphatic heterocycles. The van der Waals surface area contributed by atoms with Crippen LogP contribution in [0.3, 0.4) is 0 Å². The molecule has 0 aromatic carbocycles. The van der Waals surface area contributed by atoms with E-state index in [9.17, 15) is 4.79 Å². The minimum absolute atomic E-state index is 0.283. The van der Waals surface area contributed by atoms with Gasteiger partial charge in [0.1, 0.15) is 10.8 Å². The molecule has 0 aliphatic rings. The van der Waals surface area contributed by atoms with Gasteiger partial charge >= 0.3 is 6.03 Å². The maximum Gasteiger partial charge on any atom is 0.320 e. The van der Waals surface area contributed by atoms with Gasteiger partial charge in [-0.1, -0.05) is 0 Å². The fourth-order valence-corrected chi connectivity index (χ4v) is 3.44. The van der Waals surface area contributed by atoms with Crippen LogP contribution >= 0.6 is 27.3 Å². The highest BCUT2D eigenvalue weighted by atomic mass is 79.9. The Morgan fingerprint density at radius 2 is 2.12 bits per heavy atom. The molecular formula is C16H14BrN5OS. The maximum absolute atomic E-state index is 11.6. The van der Waals surface area contributed by atoms with Gasteiger partial charge in [0.25, 0.3) is 0 Å². The van der Waals surface area contributed by atoms with Crippen molar-refractivity contribution in [3.63, 3.8) is 0 Å². The average Bonchev–Trinajstić information content (AvgIpc) is 3.07. The topological polar surface area (TPSA) is 79.8 Å². The normalized spacial score (nSPS) is 10.4. The van der Waals surface area contributed by atoms with Gasteiger partial charge in [-0.05, 0) is 41.1 Å². The molecule has 6 nitrogen and oxygen atoms in total. The molecule has 0 atom stereocenters. The SMILES string of the molecule is CCNC(=O)Nc1cc(-c2nc(-c3ccncc3)cs2)c(Br)cn1. The Hall–Kier alpha value is -2.32. The summed E-state index contributed by atoms with van der Waals surface area (Å²) in [7, 11) is 0. The zero-order chi connectivity index (χ0) is 16.9. The van der Waals surface area contributed by atoms with E-state index in [0.29, 0.717) is 12.4 Å². The lowest BCUT2D eigenvalue weighted by Crippen LogP contribution is -2.28. The summed E-state index contributed by atoms with van der Waals surface area (Å²) in [6, 6.07) is 5.36. The summed E-state index contributed by atoms with van der Waals surface area (Å²) < 4.78 is 0.819. The third kappa shape index (κ3) is 3.77. The van der Waals surface area contributed by atoms with E-state index < -0.39 is 0 Å². The average molecular weight is 404 g/mol. The molecule has 3 aromatic rings. The number of nitrogens with one attached hydrogen (secondary N) is 2. The Labute approximate surface area is 151 Å². The van der Waals surface area contributed by atoms with Crippen LogP contribution in [-0.4, -0.2) is 27.5 Å². The van der Waals surface area contributed by atoms with Crippen LogP contribution in [0.5, 0.6) is 0 Å². The van der Waals surface area contributed by atoms with Gasteiger partial charge in [-0.15, -0.1) is 11.3 Å². The lowest BCUT2D eigenvalue weighted by molar-refractivity contribution is 0.252. The number of urea groups is 1. The van der Waals surface area contributed by atoms with Crippen LogP contribution in [0.25, 0.3) is 21.8 Å². The van der Waals surface area contributed by atoms with E-state index in [2.05, 4.69) is 41.5 Å². The van der Waals surface area contributed by atoms with Crippen molar-refractivity contribution in [3.8, 4) is 21.8 Å². The number of halogens is 1. The Balaban J connectivity index is 1.89. The standard InChI is InChI=1S/C16H14BrN5OS/c1-2-19-16(23)22-14-7-11(12(17)8-20-14)15-21-13(9-24-15)10-3-5-18-6-4-10/h3-9H,2H2,1H3,(H2,19,20,22,23). The molecule has 0 saturated carbocycles. The van der Waals surface area contributed by atoms with E-state index in [4.69, 9.17) is 0 Å². The largest absolute Gasteiger partial charge is 0.338 e. The summed E-state index contributed by atoms with van der Waals surface area (Å²) in [5.74, 6) is 0.472. The van der Waals surface area contributed by atoms with E-state index in [0.717, 1.165) is 26.3 Å². The van der Waals surface area contributed by atoms with Crippen LogP contribution in [0, 0.1) is 0 Å². The van der Waals surface area contributed by atoms with E-state index >= 15 is 0 Å². The minimum atomic E-state index is -0.283. The summed E-state index contributed by atoms with van der Waals surface area (Å²) in [5.41, 5.74) is 2.78. The number of nitrogens with zero attached hydrogens (tertiary/aromatic N) is 3. The number of carbonyl (C=O) groups is 1. The quantitative estimate of drug-likeness (QED) is 0.684. The van der Waals surface area contributed by atoms with Crippen LogP contribution in [-0.2, 0) is 0 Å². The molecule has 24 heavy (non-hydrogen) atoms. The van der Waals surface area contributed by atoms with Crippen LogP contribution in [0.4, 0.5) is 10.6 Å². The molecule has 0 fully saturated rings. The first-order valence-electron chi connectivity index (χ1n) is 7.24. The second-order valence-electron chi connectivity index (χ2n) is 4.81. The Morgan fingerprint density at radius 1 is 1.33 bits per heavy atom. The predicted molar refractivity (Wildman–Crippen MR) is 99.0 cm³/mol. The number of hydrogen-bond acceptors (Lipinski definition) is 5.